The number of aromatic amines is 1. The van der Waals surface area contributed by atoms with Crippen molar-refractivity contribution in [1.29, 1.82) is 0 Å². The van der Waals surface area contributed by atoms with Crippen molar-refractivity contribution in [3.63, 3.8) is 0 Å². The molecule has 0 spiro atoms. The van der Waals surface area contributed by atoms with Crippen molar-refractivity contribution in [3.8, 4) is 11.4 Å². The number of rotatable bonds is 2. The summed E-state index contributed by atoms with van der Waals surface area (Å²) < 4.78 is 12.8. The fourth-order valence-corrected chi connectivity index (χ4v) is 2.10. The molecule has 1 atom stereocenters. The Morgan fingerprint density at radius 1 is 1.24 bits per heavy atom. The number of H-pyrrole nitrogens is 1. The van der Waals surface area contributed by atoms with Crippen molar-refractivity contribution in [1.82, 2.24) is 20.3 Å². The second-order valence-electron chi connectivity index (χ2n) is 4.19. The largest absolute Gasteiger partial charge is 0.339 e. The first kappa shape index (κ1) is 10.4. The average molecular weight is 232 g/mol. The summed E-state index contributed by atoms with van der Waals surface area (Å²) in [4.78, 5) is 11.6. The Kier molecular flexibility index (Phi) is 2.60. The van der Waals surface area contributed by atoms with Crippen molar-refractivity contribution in [2.75, 3.05) is 6.54 Å². The highest BCUT2D eigenvalue weighted by atomic mass is 19.1. The van der Waals surface area contributed by atoms with E-state index in [0.29, 0.717) is 11.7 Å². The number of hydrogen-bond donors (Lipinski definition) is 2. The third-order valence-electron chi connectivity index (χ3n) is 2.99. The van der Waals surface area contributed by atoms with Gasteiger partial charge in [-0.2, -0.15) is 0 Å². The van der Waals surface area contributed by atoms with Crippen molar-refractivity contribution in [2.45, 2.75) is 18.9 Å². The Morgan fingerprint density at radius 3 is 2.88 bits per heavy atom. The quantitative estimate of drug-likeness (QED) is 0.833. The van der Waals surface area contributed by atoms with Gasteiger partial charge in [0.1, 0.15) is 11.6 Å². The van der Waals surface area contributed by atoms with E-state index in [-0.39, 0.29) is 5.82 Å². The molecule has 17 heavy (non-hydrogen) atoms. The van der Waals surface area contributed by atoms with Crippen LogP contribution in [0.4, 0.5) is 4.39 Å². The number of imidazole rings is 1. The van der Waals surface area contributed by atoms with Crippen molar-refractivity contribution < 1.29 is 4.39 Å². The van der Waals surface area contributed by atoms with E-state index in [9.17, 15) is 4.39 Å². The van der Waals surface area contributed by atoms with Crippen LogP contribution >= 0.6 is 0 Å². The lowest BCUT2D eigenvalue weighted by Gasteiger charge is -2.05. The predicted octanol–water partition coefficient (Wildman–Crippen LogP) is 2.04. The van der Waals surface area contributed by atoms with Crippen LogP contribution in [0.2, 0.25) is 0 Å². The van der Waals surface area contributed by atoms with Crippen LogP contribution in [-0.4, -0.2) is 21.5 Å². The van der Waals surface area contributed by atoms with Gasteiger partial charge in [0.15, 0.2) is 0 Å². The first-order valence-corrected chi connectivity index (χ1v) is 5.73. The van der Waals surface area contributed by atoms with Crippen molar-refractivity contribution >= 4 is 0 Å². The molecule has 0 aliphatic carbocycles. The van der Waals surface area contributed by atoms with Crippen LogP contribution in [0, 0.1) is 5.82 Å². The maximum atomic E-state index is 12.8. The van der Waals surface area contributed by atoms with Gasteiger partial charge in [-0.15, -0.1) is 0 Å². The van der Waals surface area contributed by atoms with Crippen molar-refractivity contribution in [3.05, 3.63) is 36.2 Å². The third-order valence-corrected chi connectivity index (χ3v) is 2.99. The number of nitrogens with zero attached hydrogens (tertiary/aromatic N) is 2. The van der Waals surface area contributed by atoms with Gasteiger partial charge in [0.05, 0.1) is 29.8 Å². The minimum Gasteiger partial charge on any atom is -0.339 e. The Labute approximate surface area is 98.3 Å². The van der Waals surface area contributed by atoms with E-state index in [0.717, 1.165) is 24.5 Å². The van der Waals surface area contributed by atoms with Gasteiger partial charge in [0.25, 0.3) is 0 Å². The Morgan fingerprint density at radius 2 is 2.18 bits per heavy atom. The molecular weight excluding hydrogens is 219 g/mol. The monoisotopic (exact) mass is 232 g/mol. The van der Waals surface area contributed by atoms with Gasteiger partial charge >= 0.3 is 0 Å². The fraction of sp³-hybridized carbons (Fsp3) is 0.333. The second-order valence-corrected chi connectivity index (χ2v) is 4.19. The van der Waals surface area contributed by atoms with Crippen LogP contribution in [0.15, 0.2) is 24.5 Å². The normalized spacial score (nSPS) is 19.7. The highest BCUT2D eigenvalue weighted by molar-refractivity contribution is 5.52. The molecule has 0 radical (unpaired) electrons. The van der Waals surface area contributed by atoms with E-state index in [1.54, 1.807) is 12.3 Å². The Balaban J connectivity index is 1.86. The van der Waals surface area contributed by atoms with E-state index in [1.165, 1.54) is 18.7 Å². The lowest BCUT2D eigenvalue weighted by molar-refractivity contribution is 0.612. The SMILES string of the molecule is Fc1ccc(-c2cnc(C3CCCN3)[nH]2)nc1. The molecule has 1 saturated heterocycles. The lowest BCUT2D eigenvalue weighted by atomic mass is 10.2. The molecule has 0 saturated carbocycles. The first-order chi connectivity index (χ1) is 8.33. The molecule has 0 amide bonds. The molecule has 88 valence electrons. The molecule has 3 rings (SSSR count). The van der Waals surface area contributed by atoms with Gasteiger partial charge in [0, 0.05) is 0 Å². The maximum absolute atomic E-state index is 12.8. The summed E-state index contributed by atoms with van der Waals surface area (Å²) >= 11 is 0. The maximum Gasteiger partial charge on any atom is 0.141 e. The van der Waals surface area contributed by atoms with E-state index in [2.05, 4.69) is 20.3 Å². The van der Waals surface area contributed by atoms with Crippen LogP contribution < -0.4 is 5.32 Å². The van der Waals surface area contributed by atoms with Crippen LogP contribution in [0.1, 0.15) is 24.7 Å². The molecule has 1 aliphatic heterocycles. The van der Waals surface area contributed by atoms with Crippen LogP contribution in [-0.2, 0) is 0 Å². The summed E-state index contributed by atoms with van der Waals surface area (Å²) in [6.07, 6.45) is 5.23. The van der Waals surface area contributed by atoms with Gasteiger partial charge in [-0.25, -0.2) is 9.37 Å². The molecule has 1 fully saturated rings. The number of hydrogen-bond acceptors (Lipinski definition) is 3. The molecule has 2 N–H and O–H groups in total. The molecule has 2 aromatic rings. The Hall–Kier alpha value is -1.75. The molecule has 5 heteroatoms. The van der Waals surface area contributed by atoms with Gasteiger partial charge in [-0.05, 0) is 31.5 Å². The molecule has 1 aliphatic rings. The van der Waals surface area contributed by atoms with Gasteiger partial charge in [-0.3, -0.25) is 4.98 Å². The zero-order valence-electron chi connectivity index (χ0n) is 9.28. The smallest absolute Gasteiger partial charge is 0.141 e. The first-order valence-electron chi connectivity index (χ1n) is 5.73. The number of pyridine rings is 1. The van der Waals surface area contributed by atoms with E-state index in [1.807, 2.05) is 0 Å². The Bertz CT molecular complexity index is 499. The topological polar surface area (TPSA) is 53.6 Å². The molecule has 2 aromatic heterocycles. The molecule has 0 aromatic carbocycles. The molecule has 0 bridgehead atoms. The van der Waals surface area contributed by atoms with E-state index in [4.69, 9.17) is 0 Å². The summed E-state index contributed by atoms with van der Waals surface area (Å²) in [6, 6.07) is 3.36. The summed E-state index contributed by atoms with van der Waals surface area (Å²) in [5, 5.41) is 3.37. The lowest BCUT2D eigenvalue weighted by Crippen LogP contribution is -2.14. The summed E-state index contributed by atoms with van der Waals surface area (Å²) in [7, 11) is 0. The number of nitrogens with one attached hydrogen (secondary N) is 2. The van der Waals surface area contributed by atoms with Gasteiger partial charge in [-0.1, -0.05) is 0 Å². The zero-order valence-corrected chi connectivity index (χ0v) is 9.28. The standard InChI is InChI=1S/C12H13FN4/c13-8-3-4-9(15-6-8)11-7-16-12(17-11)10-2-1-5-14-10/h3-4,6-7,10,14H,1-2,5H2,(H,16,17). The zero-order chi connectivity index (χ0) is 11.7. The van der Waals surface area contributed by atoms with Gasteiger partial charge in [0.2, 0.25) is 0 Å². The molecule has 4 nitrogen and oxygen atoms in total. The summed E-state index contributed by atoms with van der Waals surface area (Å²) in [6.45, 7) is 1.04. The highest BCUT2D eigenvalue weighted by Crippen LogP contribution is 2.22. The average Bonchev–Trinajstić information content (AvgIpc) is 3.00. The second kappa shape index (κ2) is 4.25. The number of aromatic nitrogens is 3. The third kappa shape index (κ3) is 2.06. The number of halogens is 1. The van der Waals surface area contributed by atoms with Crippen molar-refractivity contribution in [2.24, 2.45) is 0 Å². The fourth-order valence-electron chi connectivity index (χ4n) is 2.10. The summed E-state index contributed by atoms with van der Waals surface area (Å²) in [5.74, 6) is 0.606. The minimum absolute atomic E-state index is 0.309. The van der Waals surface area contributed by atoms with Crippen LogP contribution in [0.5, 0.6) is 0 Å². The van der Waals surface area contributed by atoms with Crippen LogP contribution in [0.25, 0.3) is 11.4 Å². The van der Waals surface area contributed by atoms with E-state index >= 15 is 0 Å². The molecular formula is C12H13FN4. The predicted molar refractivity (Wildman–Crippen MR) is 61.8 cm³/mol. The highest BCUT2D eigenvalue weighted by Gasteiger charge is 2.19. The molecule has 1 unspecified atom stereocenters. The molecule has 3 heterocycles. The minimum atomic E-state index is -0.328. The van der Waals surface area contributed by atoms with Gasteiger partial charge < -0.3 is 10.3 Å². The summed E-state index contributed by atoms with van der Waals surface area (Å²) in [5.41, 5.74) is 1.54. The van der Waals surface area contributed by atoms with Crippen LogP contribution in [0.3, 0.4) is 0 Å². The van der Waals surface area contributed by atoms with E-state index < -0.39 is 0 Å².